The van der Waals surface area contributed by atoms with Gasteiger partial charge in [-0.15, -0.1) is 0 Å². The number of likely N-dealkylation sites (tertiary alicyclic amines) is 1. The zero-order chi connectivity index (χ0) is 14.4. The largest absolute Gasteiger partial charge is 0.300 e. The summed E-state index contributed by atoms with van der Waals surface area (Å²) in [6.45, 7) is 13.6. The highest BCUT2D eigenvalue weighted by molar-refractivity contribution is 7.77. The molecule has 2 heterocycles. The Morgan fingerprint density at radius 2 is 1.65 bits per heavy atom. The molecular formula is C16H29N3S. The zero-order valence-corrected chi connectivity index (χ0v) is 13.9. The van der Waals surface area contributed by atoms with E-state index in [9.17, 15) is 0 Å². The molecule has 0 unspecified atom stereocenters. The van der Waals surface area contributed by atoms with Gasteiger partial charge in [0.25, 0.3) is 0 Å². The molecule has 0 N–H and O–H groups in total. The summed E-state index contributed by atoms with van der Waals surface area (Å²) >= 11 is 4.41. The lowest BCUT2D eigenvalue weighted by molar-refractivity contribution is 0.129. The molecule has 0 aromatic rings. The van der Waals surface area contributed by atoms with Gasteiger partial charge in [0, 0.05) is 38.6 Å². The first-order valence-corrected chi connectivity index (χ1v) is 8.40. The number of hydrogen-bond donors (Lipinski definition) is 1. The summed E-state index contributed by atoms with van der Waals surface area (Å²) in [6, 6.07) is 0. The van der Waals surface area contributed by atoms with Gasteiger partial charge in [0.2, 0.25) is 0 Å². The number of nitrogens with zero attached hydrogens (tertiary/aromatic N) is 3. The van der Waals surface area contributed by atoms with Crippen molar-refractivity contribution in [3.63, 3.8) is 0 Å². The molecule has 3 nitrogen and oxygen atoms in total. The monoisotopic (exact) mass is 295 g/mol. The van der Waals surface area contributed by atoms with E-state index in [0.717, 1.165) is 25.6 Å². The number of piperazine rings is 1. The fourth-order valence-electron chi connectivity index (χ4n) is 2.97. The molecule has 0 atom stereocenters. The van der Waals surface area contributed by atoms with Crippen molar-refractivity contribution in [3.05, 3.63) is 0 Å². The average molecular weight is 295 g/mol. The number of piperidine rings is 1. The third-order valence-electron chi connectivity index (χ3n) is 4.27. The van der Waals surface area contributed by atoms with E-state index in [-0.39, 0.29) is 0 Å². The smallest absolute Gasteiger partial charge is 0.0601 e. The minimum Gasteiger partial charge on any atom is -0.300 e. The summed E-state index contributed by atoms with van der Waals surface area (Å²) < 4.78 is 2.13. The molecular weight excluding hydrogens is 266 g/mol. The fourth-order valence-corrected chi connectivity index (χ4v) is 3.15. The van der Waals surface area contributed by atoms with E-state index in [1.165, 1.54) is 45.6 Å². The van der Waals surface area contributed by atoms with Gasteiger partial charge in [-0.2, -0.15) is 0 Å². The molecule has 0 amide bonds. The summed E-state index contributed by atoms with van der Waals surface area (Å²) in [5.74, 6) is 7.95. The molecule has 0 saturated carbocycles. The van der Waals surface area contributed by atoms with Crippen molar-refractivity contribution in [2.75, 3.05) is 52.4 Å². The molecule has 0 spiro atoms. The maximum Gasteiger partial charge on any atom is 0.0601 e. The first-order chi connectivity index (χ1) is 9.63. The first kappa shape index (κ1) is 16.2. The second kappa shape index (κ2) is 8.29. The highest BCUT2D eigenvalue weighted by atomic mass is 32.1. The molecule has 0 aromatic heterocycles. The van der Waals surface area contributed by atoms with Crippen LogP contribution in [-0.4, -0.2) is 66.5 Å². The van der Waals surface area contributed by atoms with Gasteiger partial charge in [-0.25, -0.2) is 0 Å². The Morgan fingerprint density at radius 1 is 1.00 bits per heavy atom. The van der Waals surface area contributed by atoms with Gasteiger partial charge in [-0.1, -0.05) is 38.5 Å². The Morgan fingerprint density at radius 3 is 2.25 bits per heavy atom. The van der Waals surface area contributed by atoms with Crippen LogP contribution in [0.15, 0.2) is 0 Å². The molecule has 0 bridgehead atoms. The number of rotatable bonds is 3. The Bertz CT molecular complexity index is 331. The van der Waals surface area contributed by atoms with E-state index in [0.29, 0.717) is 5.92 Å². The van der Waals surface area contributed by atoms with Gasteiger partial charge in [-0.05, 0) is 31.8 Å². The second-order valence-electron chi connectivity index (χ2n) is 6.45. The molecule has 2 aliphatic heterocycles. The molecule has 2 fully saturated rings. The number of hydrogen-bond acceptors (Lipinski definition) is 4. The van der Waals surface area contributed by atoms with Crippen molar-refractivity contribution in [1.82, 2.24) is 14.1 Å². The molecule has 2 saturated heterocycles. The summed E-state index contributed by atoms with van der Waals surface area (Å²) in [5, 5.41) is 0. The van der Waals surface area contributed by atoms with Crippen LogP contribution in [0.3, 0.4) is 0 Å². The van der Waals surface area contributed by atoms with Crippen molar-refractivity contribution in [3.8, 4) is 11.8 Å². The minimum absolute atomic E-state index is 0.498. The average Bonchev–Trinajstić information content (AvgIpc) is 2.43. The normalized spacial score (nSPS) is 23.8. The quantitative estimate of drug-likeness (QED) is 0.629. The van der Waals surface area contributed by atoms with Crippen molar-refractivity contribution in [2.24, 2.45) is 11.8 Å². The SMILES string of the molecule is CC(C)C#CCN1CCC(CN2CCN(S)CC2)CC1. The van der Waals surface area contributed by atoms with Gasteiger partial charge < -0.3 is 4.90 Å². The van der Waals surface area contributed by atoms with Gasteiger partial charge >= 0.3 is 0 Å². The maximum atomic E-state index is 4.41. The van der Waals surface area contributed by atoms with Crippen LogP contribution in [-0.2, 0) is 0 Å². The molecule has 4 heteroatoms. The van der Waals surface area contributed by atoms with Crippen LogP contribution >= 0.6 is 12.8 Å². The van der Waals surface area contributed by atoms with E-state index in [1.807, 2.05) is 0 Å². The van der Waals surface area contributed by atoms with E-state index in [1.54, 1.807) is 0 Å². The first-order valence-electron chi connectivity index (χ1n) is 8.00. The van der Waals surface area contributed by atoms with Crippen LogP contribution in [0.2, 0.25) is 0 Å². The Labute approximate surface area is 130 Å². The van der Waals surface area contributed by atoms with E-state index >= 15 is 0 Å². The standard InChI is InChI=1S/C16H29N3S/c1-15(2)4-3-7-17-8-5-16(6-9-17)14-18-10-12-19(20)13-11-18/h15-16,20H,5-14H2,1-2H3. The molecule has 0 aliphatic carbocycles. The van der Waals surface area contributed by atoms with Gasteiger partial charge in [0.15, 0.2) is 0 Å². The summed E-state index contributed by atoms with van der Waals surface area (Å²) in [4.78, 5) is 5.13. The molecule has 2 rings (SSSR count). The Kier molecular flexibility index (Phi) is 6.70. The summed E-state index contributed by atoms with van der Waals surface area (Å²) in [6.07, 6.45) is 2.68. The number of thiol groups is 1. The second-order valence-corrected chi connectivity index (χ2v) is 7.02. The van der Waals surface area contributed by atoms with Gasteiger partial charge in [0.1, 0.15) is 0 Å². The van der Waals surface area contributed by atoms with Crippen molar-refractivity contribution >= 4 is 12.8 Å². The third kappa shape index (κ3) is 5.65. The van der Waals surface area contributed by atoms with Crippen molar-refractivity contribution in [2.45, 2.75) is 26.7 Å². The van der Waals surface area contributed by atoms with Crippen LogP contribution in [0.4, 0.5) is 0 Å². The molecule has 2 aliphatic rings. The van der Waals surface area contributed by atoms with Gasteiger partial charge in [0.05, 0.1) is 6.54 Å². The zero-order valence-electron chi connectivity index (χ0n) is 13.0. The van der Waals surface area contributed by atoms with E-state index in [2.05, 4.69) is 52.6 Å². The molecule has 20 heavy (non-hydrogen) atoms. The maximum absolute atomic E-state index is 4.41. The van der Waals surface area contributed by atoms with Crippen LogP contribution in [0.5, 0.6) is 0 Å². The fraction of sp³-hybridized carbons (Fsp3) is 0.875. The third-order valence-corrected chi connectivity index (χ3v) is 4.67. The molecule has 0 radical (unpaired) electrons. The van der Waals surface area contributed by atoms with E-state index < -0.39 is 0 Å². The summed E-state index contributed by atoms with van der Waals surface area (Å²) in [7, 11) is 0. The highest BCUT2D eigenvalue weighted by Gasteiger charge is 2.22. The lowest BCUT2D eigenvalue weighted by atomic mass is 9.96. The lowest BCUT2D eigenvalue weighted by Crippen LogP contribution is -2.46. The van der Waals surface area contributed by atoms with Crippen LogP contribution in [0, 0.1) is 23.7 Å². The van der Waals surface area contributed by atoms with Gasteiger partial charge in [-0.3, -0.25) is 9.21 Å². The van der Waals surface area contributed by atoms with Crippen molar-refractivity contribution < 1.29 is 0 Å². The Balaban J connectivity index is 1.63. The Hall–Kier alpha value is -0.210. The van der Waals surface area contributed by atoms with Crippen molar-refractivity contribution in [1.29, 1.82) is 0 Å². The van der Waals surface area contributed by atoms with E-state index in [4.69, 9.17) is 0 Å². The molecule has 114 valence electrons. The predicted molar refractivity (Wildman–Crippen MR) is 88.8 cm³/mol. The lowest BCUT2D eigenvalue weighted by Gasteiger charge is -2.37. The highest BCUT2D eigenvalue weighted by Crippen LogP contribution is 2.19. The topological polar surface area (TPSA) is 9.72 Å². The summed E-state index contributed by atoms with van der Waals surface area (Å²) in [5.41, 5.74) is 0. The van der Waals surface area contributed by atoms with Crippen LogP contribution < -0.4 is 0 Å². The van der Waals surface area contributed by atoms with Crippen LogP contribution in [0.25, 0.3) is 0 Å². The predicted octanol–water partition coefficient (Wildman–Crippen LogP) is 1.82. The molecule has 0 aromatic carbocycles. The van der Waals surface area contributed by atoms with Crippen LogP contribution in [0.1, 0.15) is 26.7 Å². The minimum atomic E-state index is 0.498.